The smallest absolute Gasteiger partial charge is 0.211 e. The zero-order chi connectivity index (χ0) is 12.8. The molecular weight excluding hydrogens is 226 g/mol. The van der Waals surface area contributed by atoms with Gasteiger partial charge in [0.15, 0.2) is 18.5 Å². The molecule has 1 aromatic carbocycles. The standard InChI is InChI=1S/C15H18NO2/c1-13-7-8-16(12-15(13)18-10-9-17)11-14-5-3-2-4-6-14/h2-8,12,17H,9-11H2,1H3/q+1. The number of nitrogens with zero attached hydrogens (tertiary/aromatic N) is 1. The largest absolute Gasteiger partial charge is 0.485 e. The maximum Gasteiger partial charge on any atom is 0.211 e. The zero-order valence-corrected chi connectivity index (χ0v) is 10.5. The van der Waals surface area contributed by atoms with E-state index in [9.17, 15) is 0 Å². The van der Waals surface area contributed by atoms with Crippen LogP contribution in [0.3, 0.4) is 0 Å². The molecule has 1 heterocycles. The molecule has 0 saturated carbocycles. The summed E-state index contributed by atoms with van der Waals surface area (Å²) in [6, 6.07) is 12.3. The van der Waals surface area contributed by atoms with Crippen molar-refractivity contribution in [3.05, 3.63) is 59.9 Å². The van der Waals surface area contributed by atoms with E-state index < -0.39 is 0 Å². The van der Waals surface area contributed by atoms with Gasteiger partial charge < -0.3 is 9.84 Å². The lowest BCUT2D eigenvalue weighted by atomic mass is 10.2. The fourth-order valence-corrected chi connectivity index (χ4v) is 1.78. The first-order chi connectivity index (χ1) is 8.79. The van der Waals surface area contributed by atoms with E-state index in [4.69, 9.17) is 9.84 Å². The van der Waals surface area contributed by atoms with Gasteiger partial charge in [-0.15, -0.1) is 0 Å². The topological polar surface area (TPSA) is 33.3 Å². The summed E-state index contributed by atoms with van der Waals surface area (Å²) < 4.78 is 7.57. The van der Waals surface area contributed by atoms with Gasteiger partial charge in [-0.2, -0.15) is 4.57 Å². The predicted molar refractivity (Wildman–Crippen MR) is 69.5 cm³/mol. The first kappa shape index (κ1) is 12.6. The highest BCUT2D eigenvalue weighted by Gasteiger charge is 2.08. The summed E-state index contributed by atoms with van der Waals surface area (Å²) in [6.45, 7) is 3.18. The van der Waals surface area contributed by atoms with Gasteiger partial charge in [-0.25, -0.2) is 0 Å². The summed E-state index contributed by atoms with van der Waals surface area (Å²) in [5.41, 5.74) is 2.33. The number of pyridine rings is 1. The van der Waals surface area contributed by atoms with Crippen LogP contribution in [0.15, 0.2) is 48.8 Å². The number of rotatable bonds is 5. The molecule has 0 atom stereocenters. The molecule has 0 fully saturated rings. The van der Waals surface area contributed by atoms with Gasteiger partial charge in [0, 0.05) is 17.2 Å². The van der Waals surface area contributed by atoms with Gasteiger partial charge in [0.25, 0.3) is 0 Å². The minimum atomic E-state index is 0.0347. The van der Waals surface area contributed by atoms with E-state index >= 15 is 0 Å². The Balaban J connectivity index is 2.14. The molecule has 0 spiro atoms. The van der Waals surface area contributed by atoms with Gasteiger partial charge in [-0.1, -0.05) is 30.3 Å². The Kier molecular flexibility index (Phi) is 4.31. The molecule has 0 amide bonds. The van der Waals surface area contributed by atoms with Crippen molar-refractivity contribution in [3.8, 4) is 5.75 Å². The van der Waals surface area contributed by atoms with Gasteiger partial charge >= 0.3 is 0 Å². The Morgan fingerprint density at radius 1 is 1.17 bits per heavy atom. The van der Waals surface area contributed by atoms with E-state index in [1.807, 2.05) is 43.6 Å². The summed E-state index contributed by atoms with van der Waals surface area (Å²) in [4.78, 5) is 0. The lowest BCUT2D eigenvalue weighted by molar-refractivity contribution is -0.688. The molecule has 0 radical (unpaired) electrons. The van der Waals surface area contributed by atoms with Crippen LogP contribution in [-0.4, -0.2) is 18.3 Å². The molecule has 1 N–H and O–H groups in total. The monoisotopic (exact) mass is 244 g/mol. The maximum absolute atomic E-state index is 8.79. The van der Waals surface area contributed by atoms with Crippen molar-refractivity contribution >= 4 is 0 Å². The molecule has 0 unspecified atom stereocenters. The van der Waals surface area contributed by atoms with E-state index in [2.05, 4.69) is 16.7 Å². The van der Waals surface area contributed by atoms with E-state index in [-0.39, 0.29) is 6.61 Å². The number of benzene rings is 1. The zero-order valence-electron chi connectivity index (χ0n) is 10.5. The van der Waals surface area contributed by atoms with Crippen LogP contribution in [0.4, 0.5) is 0 Å². The minimum absolute atomic E-state index is 0.0347. The van der Waals surface area contributed by atoms with Gasteiger partial charge in [0.1, 0.15) is 6.61 Å². The first-order valence-electron chi connectivity index (χ1n) is 6.07. The second kappa shape index (κ2) is 6.17. The van der Waals surface area contributed by atoms with Gasteiger partial charge in [0.2, 0.25) is 6.20 Å². The molecule has 94 valence electrons. The average molecular weight is 244 g/mol. The first-order valence-corrected chi connectivity index (χ1v) is 6.07. The fourth-order valence-electron chi connectivity index (χ4n) is 1.78. The third-order valence-electron chi connectivity index (χ3n) is 2.74. The SMILES string of the molecule is Cc1cc[n+](Cc2ccccc2)cc1OCCO. The van der Waals surface area contributed by atoms with Crippen LogP contribution in [0, 0.1) is 6.92 Å². The Morgan fingerprint density at radius 3 is 2.67 bits per heavy atom. The Hall–Kier alpha value is -1.87. The van der Waals surface area contributed by atoms with E-state index in [0.717, 1.165) is 17.9 Å². The highest BCUT2D eigenvalue weighted by atomic mass is 16.5. The molecule has 3 heteroatoms. The van der Waals surface area contributed by atoms with Crippen molar-refractivity contribution in [1.82, 2.24) is 0 Å². The van der Waals surface area contributed by atoms with Gasteiger partial charge in [-0.05, 0) is 6.92 Å². The molecule has 1 aromatic heterocycles. The van der Waals surface area contributed by atoms with Crippen LogP contribution in [0.25, 0.3) is 0 Å². The Bertz CT molecular complexity index is 497. The van der Waals surface area contributed by atoms with Gasteiger partial charge in [0.05, 0.1) is 6.61 Å². The van der Waals surface area contributed by atoms with Crippen LogP contribution >= 0.6 is 0 Å². The summed E-state index contributed by atoms with van der Waals surface area (Å²) in [6.07, 6.45) is 4.01. The number of aliphatic hydroxyl groups is 1. The average Bonchev–Trinajstić information content (AvgIpc) is 2.40. The normalized spacial score (nSPS) is 10.3. The molecule has 0 saturated heterocycles. The van der Waals surface area contributed by atoms with Crippen molar-refractivity contribution < 1.29 is 14.4 Å². The van der Waals surface area contributed by atoms with E-state index in [1.54, 1.807) is 0 Å². The summed E-state index contributed by atoms with van der Waals surface area (Å²) in [5, 5.41) is 8.79. The summed E-state index contributed by atoms with van der Waals surface area (Å²) in [7, 11) is 0. The van der Waals surface area contributed by atoms with Crippen molar-refractivity contribution in [2.75, 3.05) is 13.2 Å². The highest BCUT2D eigenvalue weighted by molar-refractivity contribution is 5.26. The van der Waals surface area contributed by atoms with Crippen molar-refractivity contribution in [2.24, 2.45) is 0 Å². The molecule has 18 heavy (non-hydrogen) atoms. The van der Waals surface area contributed by atoms with Gasteiger partial charge in [-0.3, -0.25) is 0 Å². The third-order valence-corrected chi connectivity index (χ3v) is 2.74. The van der Waals surface area contributed by atoms with Crippen LogP contribution in [0.5, 0.6) is 5.75 Å². The summed E-state index contributed by atoms with van der Waals surface area (Å²) in [5.74, 6) is 0.822. The van der Waals surface area contributed by atoms with Crippen LogP contribution in [0.1, 0.15) is 11.1 Å². The van der Waals surface area contributed by atoms with Crippen LogP contribution in [0.2, 0.25) is 0 Å². The predicted octanol–water partition coefficient (Wildman–Crippen LogP) is 1.70. The number of aromatic nitrogens is 1. The number of aliphatic hydroxyl groups excluding tert-OH is 1. The van der Waals surface area contributed by atoms with Crippen molar-refractivity contribution in [2.45, 2.75) is 13.5 Å². The molecule has 0 aliphatic rings. The Morgan fingerprint density at radius 2 is 1.94 bits per heavy atom. The molecule has 0 aliphatic heterocycles. The van der Waals surface area contributed by atoms with E-state index in [1.165, 1.54) is 5.56 Å². The molecular formula is C15H18NO2+. The minimum Gasteiger partial charge on any atom is -0.485 e. The second-order valence-electron chi connectivity index (χ2n) is 4.22. The van der Waals surface area contributed by atoms with Crippen molar-refractivity contribution in [3.63, 3.8) is 0 Å². The number of hydrogen-bond acceptors (Lipinski definition) is 2. The molecule has 3 nitrogen and oxygen atoms in total. The van der Waals surface area contributed by atoms with Crippen LogP contribution < -0.4 is 9.30 Å². The lowest BCUT2D eigenvalue weighted by Crippen LogP contribution is -2.33. The molecule has 2 rings (SSSR count). The number of hydrogen-bond donors (Lipinski definition) is 1. The maximum atomic E-state index is 8.79. The highest BCUT2D eigenvalue weighted by Crippen LogP contribution is 2.13. The fraction of sp³-hybridized carbons (Fsp3) is 0.267. The molecule has 0 bridgehead atoms. The van der Waals surface area contributed by atoms with Crippen molar-refractivity contribution in [1.29, 1.82) is 0 Å². The van der Waals surface area contributed by atoms with Crippen LogP contribution in [-0.2, 0) is 6.54 Å². The summed E-state index contributed by atoms with van der Waals surface area (Å²) >= 11 is 0. The third kappa shape index (κ3) is 3.31. The van der Waals surface area contributed by atoms with E-state index in [0.29, 0.717) is 6.61 Å². The second-order valence-corrected chi connectivity index (χ2v) is 4.22. The molecule has 2 aromatic rings. The molecule has 0 aliphatic carbocycles. The number of aryl methyl sites for hydroxylation is 1. The number of ether oxygens (including phenoxy) is 1. The Labute approximate surface area is 107 Å². The quantitative estimate of drug-likeness (QED) is 0.812. The lowest BCUT2D eigenvalue weighted by Gasteiger charge is -2.06.